The fraction of sp³-hybridized carbons (Fsp3) is 0.231. The number of hydrogen-bond acceptors (Lipinski definition) is 3. The van der Waals surface area contributed by atoms with Crippen LogP contribution in [0, 0.1) is 13.8 Å². The maximum atomic E-state index is 4.23. The molecular formula is C13H15N3. The third-order valence-corrected chi connectivity index (χ3v) is 2.64. The van der Waals surface area contributed by atoms with E-state index in [0.717, 1.165) is 22.6 Å². The summed E-state index contributed by atoms with van der Waals surface area (Å²) in [6.07, 6.45) is 0. The van der Waals surface area contributed by atoms with Gasteiger partial charge in [0.2, 0.25) is 0 Å². The molecular weight excluding hydrogens is 198 g/mol. The van der Waals surface area contributed by atoms with Gasteiger partial charge in [-0.2, -0.15) is 0 Å². The molecule has 0 unspecified atom stereocenters. The number of hydrogen-bond donors (Lipinski definition) is 1. The van der Waals surface area contributed by atoms with Gasteiger partial charge >= 0.3 is 0 Å². The SMILES string of the molecule is CNc1nnc(-c2ccccc2C)cc1C. The molecule has 0 saturated heterocycles. The normalized spacial score (nSPS) is 10.2. The largest absolute Gasteiger partial charge is 0.371 e. The Labute approximate surface area is 95.5 Å². The molecule has 0 atom stereocenters. The topological polar surface area (TPSA) is 37.8 Å². The fourth-order valence-corrected chi connectivity index (χ4v) is 1.72. The van der Waals surface area contributed by atoms with Gasteiger partial charge in [-0.05, 0) is 31.0 Å². The van der Waals surface area contributed by atoms with Gasteiger partial charge in [-0.15, -0.1) is 10.2 Å². The van der Waals surface area contributed by atoms with E-state index in [1.165, 1.54) is 5.56 Å². The minimum absolute atomic E-state index is 0.831. The summed E-state index contributed by atoms with van der Waals surface area (Å²) >= 11 is 0. The third kappa shape index (κ3) is 1.89. The van der Waals surface area contributed by atoms with Gasteiger partial charge in [-0.1, -0.05) is 24.3 Å². The van der Waals surface area contributed by atoms with Gasteiger partial charge in [0.05, 0.1) is 5.69 Å². The molecule has 0 radical (unpaired) electrons. The van der Waals surface area contributed by atoms with E-state index in [9.17, 15) is 0 Å². The first-order valence-electron chi connectivity index (χ1n) is 5.30. The first-order chi connectivity index (χ1) is 7.72. The van der Waals surface area contributed by atoms with Crippen molar-refractivity contribution in [2.45, 2.75) is 13.8 Å². The number of nitrogens with one attached hydrogen (secondary N) is 1. The van der Waals surface area contributed by atoms with Crippen molar-refractivity contribution < 1.29 is 0 Å². The molecule has 82 valence electrons. The summed E-state index contributed by atoms with van der Waals surface area (Å²) in [5.41, 5.74) is 4.39. The summed E-state index contributed by atoms with van der Waals surface area (Å²) in [6.45, 7) is 4.11. The van der Waals surface area contributed by atoms with Crippen LogP contribution in [0.2, 0.25) is 0 Å². The maximum absolute atomic E-state index is 4.23. The second-order valence-corrected chi connectivity index (χ2v) is 3.83. The average Bonchev–Trinajstić information content (AvgIpc) is 2.29. The number of aryl methyl sites for hydroxylation is 2. The molecule has 0 fully saturated rings. The van der Waals surface area contributed by atoms with Crippen molar-refractivity contribution in [1.82, 2.24) is 10.2 Å². The van der Waals surface area contributed by atoms with Gasteiger partial charge in [-0.25, -0.2) is 0 Å². The molecule has 3 heteroatoms. The first-order valence-corrected chi connectivity index (χ1v) is 5.30. The summed E-state index contributed by atoms with van der Waals surface area (Å²) in [5, 5.41) is 11.4. The van der Waals surface area contributed by atoms with Crippen LogP contribution in [0.25, 0.3) is 11.3 Å². The Bertz CT molecular complexity index is 506. The van der Waals surface area contributed by atoms with Gasteiger partial charge in [0.1, 0.15) is 0 Å². The Kier molecular flexibility index (Phi) is 2.86. The highest BCUT2D eigenvalue weighted by Crippen LogP contribution is 2.22. The van der Waals surface area contributed by atoms with E-state index < -0.39 is 0 Å². The molecule has 1 aromatic heterocycles. The molecule has 0 saturated carbocycles. The van der Waals surface area contributed by atoms with Crippen molar-refractivity contribution >= 4 is 5.82 Å². The molecule has 1 heterocycles. The average molecular weight is 213 g/mol. The molecule has 0 aliphatic carbocycles. The molecule has 0 aliphatic heterocycles. The van der Waals surface area contributed by atoms with Crippen molar-refractivity contribution in [2.24, 2.45) is 0 Å². The minimum Gasteiger partial charge on any atom is -0.371 e. The molecule has 0 aliphatic rings. The van der Waals surface area contributed by atoms with E-state index in [2.05, 4.69) is 40.6 Å². The quantitative estimate of drug-likeness (QED) is 0.833. The molecule has 0 amide bonds. The highest BCUT2D eigenvalue weighted by Gasteiger charge is 2.05. The number of nitrogens with zero attached hydrogens (tertiary/aromatic N) is 2. The Morgan fingerprint density at radius 2 is 1.75 bits per heavy atom. The third-order valence-electron chi connectivity index (χ3n) is 2.64. The molecule has 0 bridgehead atoms. The van der Waals surface area contributed by atoms with E-state index in [0.29, 0.717) is 0 Å². The van der Waals surface area contributed by atoms with Gasteiger partial charge in [0, 0.05) is 12.6 Å². The van der Waals surface area contributed by atoms with Crippen LogP contribution in [-0.4, -0.2) is 17.2 Å². The lowest BCUT2D eigenvalue weighted by atomic mass is 10.0. The number of rotatable bonds is 2. The summed E-state index contributed by atoms with van der Waals surface area (Å²) in [7, 11) is 1.85. The highest BCUT2D eigenvalue weighted by molar-refractivity contribution is 5.64. The Hall–Kier alpha value is -1.90. The van der Waals surface area contributed by atoms with Crippen molar-refractivity contribution in [3.8, 4) is 11.3 Å². The Morgan fingerprint density at radius 3 is 2.38 bits per heavy atom. The van der Waals surface area contributed by atoms with Crippen LogP contribution in [0.1, 0.15) is 11.1 Å². The zero-order chi connectivity index (χ0) is 11.5. The van der Waals surface area contributed by atoms with E-state index in [1.54, 1.807) is 0 Å². The maximum Gasteiger partial charge on any atom is 0.151 e. The lowest BCUT2D eigenvalue weighted by Crippen LogP contribution is -1.99. The van der Waals surface area contributed by atoms with Crippen LogP contribution in [-0.2, 0) is 0 Å². The van der Waals surface area contributed by atoms with E-state index in [-0.39, 0.29) is 0 Å². The summed E-state index contributed by atoms with van der Waals surface area (Å²) in [5.74, 6) is 0.831. The summed E-state index contributed by atoms with van der Waals surface area (Å²) in [4.78, 5) is 0. The highest BCUT2D eigenvalue weighted by atomic mass is 15.2. The monoisotopic (exact) mass is 213 g/mol. The van der Waals surface area contributed by atoms with Gasteiger partial charge in [0.15, 0.2) is 5.82 Å². The van der Waals surface area contributed by atoms with Crippen LogP contribution >= 0.6 is 0 Å². The molecule has 0 spiro atoms. The van der Waals surface area contributed by atoms with Gasteiger partial charge in [-0.3, -0.25) is 0 Å². The molecule has 2 rings (SSSR count). The molecule has 2 aromatic rings. The number of anilines is 1. The number of benzene rings is 1. The predicted octanol–water partition coefficient (Wildman–Crippen LogP) is 2.80. The van der Waals surface area contributed by atoms with Crippen molar-refractivity contribution in [1.29, 1.82) is 0 Å². The van der Waals surface area contributed by atoms with Crippen molar-refractivity contribution in [2.75, 3.05) is 12.4 Å². The van der Waals surface area contributed by atoms with E-state index in [1.807, 2.05) is 26.1 Å². The fourth-order valence-electron chi connectivity index (χ4n) is 1.72. The number of aromatic nitrogens is 2. The summed E-state index contributed by atoms with van der Waals surface area (Å²) < 4.78 is 0. The Balaban J connectivity index is 2.50. The van der Waals surface area contributed by atoms with Crippen molar-refractivity contribution in [3.63, 3.8) is 0 Å². The standard InChI is InChI=1S/C13H15N3/c1-9-6-4-5-7-11(9)12-8-10(2)13(14-3)16-15-12/h4-8H,1-3H3,(H,14,16). The van der Waals surface area contributed by atoms with Crippen LogP contribution in [0.15, 0.2) is 30.3 Å². The Morgan fingerprint density at radius 1 is 1.00 bits per heavy atom. The smallest absolute Gasteiger partial charge is 0.151 e. The second kappa shape index (κ2) is 4.31. The minimum atomic E-state index is 0.831. The van der Waals surface area contributed by atoms with Gasteiger partial charge in [0.25, 0.3) is 0 Å². The lowest BCUT2D eigenvalue weighted by molar-refractivity contribution is 1.02. The second-order valence-electron chi connectivity index (χ2n) is 3.83. The molecule has 16 heavy (non-hydrogen) atoms. The molecule has 3 nitrogen and oxygen atoms in total. The zero-order valence-electron chi connectivity index (χ0n) is 9.78. The van der Waals surface area contributed by atoms with Crippen LogP contribution in [0.4, 0.5) is 5.82 Å². The first kappa shape index (κ1) is 10.6. The summed E-state index contributed by atoms with van der Waals surface area (Å²) in [6, 6.07) is 10.3. The van der Waals surface area contributed by atoms with Crippen LogP contribution < -0.4 is 5.32 Å². The van der Waals surface area contributed by atoms with Crippen molar-refractivity contribution in [3.05, 3.63) is 41.5 Å². The lowest BCUT2D eigenvalue weighted by Gasteiger charge is -2.07. The zero-order valence-corrected chi connectivity index (χ0v) is 9.78. The van der Waals surface area contributed by atoms with Gasteiger partial charge < -0.3 is 5.32 Å². The van der Waals surface area contributed by atoms with Crippen LogP contribution in [0.3, 0.4) is 0 Å². The molecule has 1 aromatic carbocycles. The van der Waals surface area contributed by atoms with E-state index in [4.69, 9.17) is 0 Å². The molecule has 1 N–H and O–H groups in total. The van der Waals surface area contributed by atoms with Crippen LogP contribution in [0.5, 0.6) is 0 Å². The predicted molar refractivity (Wildman–Crippen MR) is 66.5 cm³/mol. The van der Waals surface area contributed by atoms with E-state index >= 15 is 0 Å².